The van der Waals surface area contributed by atoms with Crippen LogP contribution in [0.3, 0.4) is 0 Å². The number of alkyl halides is 6. The van der Waals surface area contributed by atoms with Crippen LogP contribution in [0.25, 0.3) is 0 Å². The van der Waals surface area contributed by atoms with Crippen molar-refractivity contribution in [2.75, 3.05) is 5.32 Å². The number of benzene rings is 1. The number of carboxylic acids is 1. The molecule has 0 radical (unpaired) electrons. The van der Waals surface area contributed by atoms with Crippen molar-refractivity contribution < 1.29 is 46.1 Å². The highest BCUT2D eigenvalue weighted by Gasteiger charge is 2.71. The number of hydrogen-bond donors (Lipinski definition) is 3. The summed E-state index contributed by atoms with van der Waals surface area (Å²) in [5.74, 6) is -3.54. The Hall–Kier alpha value is -2.30. The Labute approximate surface area is 136 Å². The van der Waals surface area contributed by atoms with E-state index < -0.39 is 47.2 Å². The molecule has 0 aromatic heterocycles. The lowest BCUT2D eigenvalue weighted by atomic mass is 9.92. The molecule has 2 rings (SSSR count). The number of carbonyl (C=O) groups is 2. The molecule has 1 aromatic rings. The Kier molecular flexibility index (Phi) is 4.49. The smallest absolute Gasteiger partial charge is 0.430 e. The van der Waals surface area contributed by atoms with Crippen molar-refractivity contribution in [3.63, 3.8) is 0 Å². The largest absolute Gasteiger partial charge is 0.481 e. The summed E-state index contributed by atoms with van der Waals surface area (Å²) in [7, 11) is 0. The van der Waals surface area contributed by atoms with Gasteiger partial charge in [0.05, 0.1) is 11.8 Å². The normalized spacial score (nSPS) is 20.9. The minimum atomic E-state index is -6.00. The van der Waals surface area contributed by atoms with E-state index in [2.05, 4.69) is 5.32 Å². The first-order valence-corrected chi connectivity index (χ1v) is 6.79. The SMILES string of the molecule is O=C(O)C1CC1C(=O)Nc1ccc(C(O)(C(F)(F)F)C(F)(F)F)cc1. The van der Waals surface area contributed by atoms with Gasteiger partial charge < -0.3 is 15.5 Å². The van der Waals surface area contributed by atoms with Crippen LogP contribution in [0.1, 0.15) is 12.0 Å². The van der Waals surface area contributed by atoms with Gasteiger partial charge in [-0.2, -0.15) is 26.3 Å². The van der Waals surface area contributed by atoms with Gasteiger partial charge in [0.25, 0.3) is 5.60 Å². The van der Waals surface area contributed by atoms with Crippen molar-refractivity contribution in [2.45, 2.75) is 24.4 Å². The van der Waals surface area contributed by atoms with E-state index in [1.807, 2.05) is 0 Å². The summed E-state index contributed by atoms with van der Waals surface area (Å²) < 4.78 is 76.4. The van der Waals surface area contributed by atoms with Gasteiger partial charge in [0.1, 0.15) is 0 Å². The summed E-state index contributed by atoms with van der Waals surface area (Å²) in [6.45, 7) is 0. The first kappa shape index (κ1) is 19.0. The zero-order valence-electron chi connectivity index (χ0n) is 12.1. The van der Waals surface area contributed by atoms with E-state index >= 15 is 0 Å². The Balaban J connectivity index is 2.19. The molecule has 1 aromatic carbocycles. The van der Waals surface area contributed by atoms with Gasteiger partial charge in [-0.15, -0.1) is 0 Å². The third-order valence-electron chi connectivity index (χ3n) is 3.84. The van der Waals surface area contributed by atoms with E-state index in [1.54, 1.807) is 0 Å². The summed E-state index contributed by atoms with van der Waals surface area (Å²) in [5, 5.41) is 20.1. The number of carboxylic acid groups (broad SMARTS) is 1. The molecule has 0 saturated heterocycles. The number of nitrogens with one attached hydrogen (secondary N) is 1. The monoisotopic (exact) mass is 371 g/mol. The van der Waals surface area contributed by atoms with Gasteiger partial charge in [0, 0.05) is 11.3 Å². The van der Waals surface area contributed by atoms with Gasteiger partial charge in [-0.25, -0.2) is 0 Å². The first-order chi connectivity index (χ1) is 11.3. The van der Waals surface area contributed by atoms with Gasteiger partial charge >= 0.3 is 18.3 Å². The topological polar surface area (TPSA) is 86.6 Å². The maximum absolute atomic E-state index is 12.7. The van der Waals surface area contributed by atoms with Gasteiger partial charge in [0.2, 0.25) is 5.91 Å². The summed E-state index contributed by atoms with van der Waals surface area (Å²) in [6.07, 6.45) is -11.9. The molecule has 11 heteroatoms. The Bertz CT molecular complexity index is 668. The molecule has 25 heavy (non-hydrogen) atoms. The molecule has 5 nitrogen and oxygen atoms in total. The second-order valence-corrected chi connectivity index (χ2v) is 5.56. The summed E-state index contributed by atoms with van der Waals surface area (Å²) in [5.41, 5.74) is -6.63. The molecule has 1 aliphatic carbocycles. The molecule has 1 amide bonds. The predicted octanol–water partition coefficient (Wildman–Crippen LogP) is 2.66. The maximum atomic E-state index is 12.7. The number of aliphatic carboxylic acids is 1. The van der Waals surface area contributed by atoms with Gasteiger partial charge in [0.15, 0.2) is 0 Å². The molecule has 138 valence electrons. The minimum Gasteiger partial charge on any atom is -0.481 e. The van der Waals surface area contributed by atoms with Crippen LogP contribution in [-0.2, 0) is 15.2 Å². The van der Waals surface area contributed by atoms with E-state index in [0.29, 0.717) is 12.1 Å². The third kappa shape index (κ3) is 3.41. The molecular formula is C14H11F6NO4. The van der Waals surface area contributed by atoms with Crippen molar-refractivity contribution in [1.82, 2.24) is 0 Å². The van der Waals surface area contributed by atoms with Gasteiger partial charge in [-0.05, 0) is 18.6 Å². The van der Waals surface area contributed by atoms with Crippen LogP contribution in [0.15, 0.2) is 24.3 Å². The molecule has 0 spiro atoms. The van der Waals surface area contributed by atoms with E-state index in [4.69, 9.17) is 5.11 Å². The second kappa shape index (κ2) is 5.90. The van der Waals surface area contributed by atoms with Crippen LogP contribution in [0.4, 0.5) is 32.0 Å². The Morgan fingerprint density at radius 1 is 0.960 bits per heavy atom. The van der Waals surface area contributed by atoms with Crippen LogP contribution >= 0.6 is 0 Å². The summed E-state index contributed by atoms with van der Waals surface area (Å²) in [6, 6.07) is 2.29. The molecule has 1 fully saturated rings. The third-order valence-corrected chi connectivity index (χ3v) is 3.84. The zero-order valence-corrected chi connectivity index (χ0v) is 12.1. The number of hydrogen-bond acceptors (Lipinski definition) is 3. The summed E-state index contributed by atoms with van der Waals surface area (Å²) in [4.78, 5) is 22.4. The van der Waals surface area contributed by atoms with Crippen molar-refractivity contribution in [3.8, 4) is 0 Å². The van der Waals surface area contributed by atoms with Crippen LogP contribution < -0.4 is 5.32 Å². The number of anilines is 1. The lowest BCUT2D eigenvalue weighted by molar-refractivity contribution is -0.376. The molecule has 0 heterocycles. The molecule has 1 saturated carbocycles. The number of carbonyl (C=O) groups excluding carboxylic acids is 1. The fourth-order valence-corrected chi connectivity index (χ4v) is 2.28. The number of halogens is 6. The maximum Gasteiger partial charge on any atom is 0.430 e. The highest BCUT2D eigenvalue weighted by molar-refractivity contribution is 5.98. The fourth-order valence-electron chi connectivity index (χ4n) is 2.28. The highest BCUT2D eigenvalue weighted by Crippen LogP contribution is 2.50. The first-order valence-electron chi connectivity index (χ1n) is 6.79. The average Bonchev–Trinajstić information content (AvgIpc) is 3.25. The quantitative estimate of drug-likeness (QED) is 0.711. The fraction of sp³-hybridized carbons (Fsp3) is 0.429. The standard InChI is InChI=1S/C14H11F6NO4/c15-13(16,17)12(25,14(18,19)20)6-1-3-7(4-2-6)21-10(22)8-5-9(8)11(23)24/h1-4,8-9,25H,5H2,(H,21,22)(H,23,24). The van der Waals surface area contributed by atoms with Crippen LogP contribution in [0.5, 0.6) is 0 Å². The summed E-state index contributed by atoms with van der Waals surface area (Å²) >= 11 is 0. The van der Waals surface area contributed by atoms with Crippen LogP contribution in [0.2, 0.25) is 0 Å². The molecule has 0 bridgehead atoms. The van der Waals surface area contributed by atoms with E-state index in [-0.39, 0.29) is 12.1 Å². The minimum absolute atomic E-state index is 0.0984. The Morgan fingerprint density at radius 2 is 1.44 bits per heavy atom. The highest BCUT2D eigenvalue weighted by atomic mass is 19.4. The van der Waals surface area contributed by atoms with Crippen molar-refractivity contribution in [1.29, 1.82) is 0 Å². The molecule has 0 aliphatic heterocycles. The van der Waals surface area contributed by atoms with Gasteiger partial charge in [-0.3, -0.25) is 9.59 Å². The predicted molar refractivity (Wildman–Crippen MR) is 70.3 cm³/mol. The number of amides is 1. The molecule has 2 unspecified atom stereocenters. The van der Waals surface area contributed by atoms with E-state index in [0.717, 1.165) is 12.1 Å². The average molecular weight is 371 g/mol. The van der Waals surface area contributed by atoms with Crippen molar-refractivity contribution >= 4 is 17.6 Å². The lowest BCUT2D eigenvalue weighted by Crippen LogP contribution is -2.53. The number of aliphatic hydroxyl groups is 1. The Morgan fingerprint density at radius 3 is 1.80 bits per heavy atom. The molecule has 1 aliphatic rings. The molecule has 2 atom stereocenters. The zero-order chi connectivity index (χ0) is 19.2. The lowest BCUT2D eigenvalue weighted by Gasteiger charge is -2.32. The molecule has 3 N–H and O–H groups in total. The van der Waals surface area contributed by atoms with Crippen LogP contribution in [-0.4, -0.2) is 34.4 Å². The van der Waals surface area contributed by atoms with E-state index in [1.165, 1.54) is 0 Å². The second-order valence-electron chi connectivity index (χ2n) is 5.56. The molecular weight excluding hydrogens is 360 g/mol. The number of rotatable bonds is 4. The van der Waals surface area contributed by atoms with Crippen molar-refractivity contribution in [3.05, 3.63) is 29.8 Å². The van der Waals surface area contributed by atoms with Gasteiger partial charge in [-0.1, -0.05) is 12.1 Å². The van der Waals surface area contributed by atoms with E-state index in [9.17, 15) is 41.0 Å². The van der Waals surface area contributed by atoms with Crippen molar-refractivity contribution in [2.24, 2.45) is 11.8 Å². The van der Waals surface area contributed by atoms with Crippen LogP contribution in [0, 0.1) is 11.8 Å².